The van der Waals surface area contributed by atoms with Gasteiger partial charge in [-0.25, -0.2) is 0 Å². The maximum Gasteiger partial charge on any atom is 0.269 e. The Morgan fingerprint density at radius 3 is 2.52 bits per heavy atom. The predicted molar refractivity (Wildman–Crippen MR) is 96.0 cm³/mol. The second-order valence-electron chi connectivity index (χ2n) is 6.85. The van der Waals surface area contributed by atoms with E-state index in [2.05, 4.69) is 10.6 Å². The highest BCUT2D eigenvalue weighted by Crippen LogP contribution is 2.49. The number of fused-ring (bicyclic) bond motifs is 2. The second kappa shape index (κ2) is 5.85. The Kier molecular flexibility index (Phi) is 3.70. The zero-order valence-corrected chi connectivity index (χ0v) is 14.3. The van der Waals surface area contributed by atoms with Crippen LogP contribution in [0.4, 0.5) is 11.4 Å². The Morgan fingerprint density at radius 2 is 1.81 bits per heavy atom. The summed E-state index contributed by atoms with van der Waals surface area (Å²) in [5.74, 6) is -1.19. The van der Waals surface area contributed by atoms with Crippen molar-refractivity contribution in [2.24, 2.45) is 0 Å². The zero-order valence-electron chi connectivity index (χ0n) is 14.3. The van der Waals surface area contributed by atoms with Crippen LogP contribution in [-0.2, 0) is 10.3 Å². The highest BCUT2D eigenvalue weighted by molar-refractivity contribution is 6.07. The minimum atomic E-state index is -1.52. The van der Waals surface area contributed by atoms with Crippen LogP contribution in [0.2, 0.25) is 0 Å². The van der Waals surface area contributed by atoms with Gasteiger partial charge in [-0.3, -0.25) is 30.3 Å². The third-order valence-electron chi connectivity index (χ3n) is 5.43. The molecule has 1 fully saturated rings. The summed E-state index contributed by atoms with van der Waals surface area (Å²) in [4.78, 5) is 35.1. The Labute approximate surface area is 153 Å². The fourth-order valence-corrected chi connectivity index (χ4v) is 4.40. The molecule has 1 spiro atoms. The predicted octanol–water partition coefficient (Wildman–Crippen LogP) is 2.16. The molecule has 27 heavy (non-hydrogen) atoms. The number of rotatable bonds is 3. The van der Waals surface area contributed by atoms with E-state index in [-0.39, 0.29) is 5.69 Å². The van der Waals surface area contributed by atoms with Gasteiger partial charge < -0.3 is 5.32 Å². The van der Waals surface area contributed by atoms with Crippen molar-refractivity contribution in [3.8, 4) is 0 Å². The number of carbonyl (C=O) groups excluding carboxylic acids is 1. The van der Waals surface area contributed by atoms with Crippen molar-refractivity contribution < 1.29 is 14.6 Å². The van der Waals surface area contributed by atoms with E-state index in [1.807, 2.05) is 0 Å². The van der Waals surface area contributed by atoms with Crippen LogP contribution in [-0.4, -0.2) is 27.8 Å². The first kappa shape index (κ1) is 17.1. The van der Waals surface area contributed by atoms with Gasteiger partial charge in [0.2, 0.25) is 0 Å². The Bertz CT molecular complexity index is 978. The zero-order chi connectivity index (χ0) is 19.3. The molecule has 9 heteroatoms. The molecule has 0 bridgehead atoms. The molecular weight excluding hydrogens is 352 g/mol. The lowest BCUT2D eigenvalue weighted by molar-refractivity contribution is -0.532. The van der Waals surface area contributed by atoms with E-state index < -0.39 is 39.3 Å². The van der Waals surface area contributed by atoms with Crippen molar-refractivity contribution in [2.75, 3.05) is 5.32 Å². The van der Waals surface area contributed by atoms with Crippen molar-refractivity contribution in [1.82, 2.24) is 5.32 Å². The number of benzene rings is 2. The average molecular weight is 368 g/mol. The van der Waals surface area contributed by atoms with E-state index in [0.717, 1.165) is 0 Å². The molecule has 2 heterocycles. The Balaban J connectivity index is 1.89. The summed E-state index contributed by atoms with van der Waals surface area (Å²) in [6.45, 7) is 1.75. The number of anilines is 1. The van der Waals surface area contributed by atoms with Crippen LogP contribution in [0.15, 0.2) is 48.5 Å². The first-order chi connectivity index (χ1) is 12.9. The van der Waals surface area contributed by atoms with Gasteiger partial charge in [-0.1, -0.05) is 30.3 Å². The second-order valence-corrected chi connectivity index (χ2v) is 6.85. The molecule has 9 nitrogen and oxygen atoms in total. The van der Waals surface area contributed by atoms with Gasteiger partial charge in [-0.15, -0.1) is 0 Å². The van der Waals surface area contributed by atoms with E-state index in [9.17, 15) is 25.0 Å². The van der Waals surface area contributed by atoms with E-state index in [0.29, 0.717) is 16.8 Å². The summed E-state index contributed by atoms with van der Waals surface area (Å²) in [7, 11) is 0. The maximum absolute atomic E-state index is 12.9. The topological polar surface area (TPSA) is 127 Å². The first-order valence-corrected chi connectivity index (χ1v) is 8.42. The van der Waals surface area contributed by atoms with Crippen LogP contribution in [0.25, 0.3) is 0 Å². The number of hydrogen-bond donors (Lipinski definition) is 2. The third-order valence-corrected chi connectivity index (χ3v) is 5.43. The van der Waals surface area contributed by atoms with Crippen LogP contribution >= 0.6 is 0 Å². The summed E-state index contributed by atoms with van der Waals surface area (Å²) in [6.07, 6.45) is 0. The molecule has 2 aliphatic rings. The number of non-ortho nitro benzene ring substituents is 1. The van der Waals surface area contributed by atoms with Crippen molar-refractivity contribution >= 4 is 17.3 Å². The van der Waals surface area contributed by atoms with Crippen molar-refractivity contribution in [3.05, 3.63) is 79.9 Å². The number of carbonyl (C=O) groups is 1. The summed E-state index contributed by atoms with van der Waals surface area (Å²) in [6, 6.07) is 10.9. The molecule has 2 aromatic carbocycles. The molecule has 138 valence electrons. The molecule has 1 saturated heterocycles. The number of amides is 1. The van der Waals surface area contributed by atoms with E-state index in [1.54, 1.807) is 37.3 Å². The first-order valence-electron chi connectivity index (χ1n) is 8.42. The van der Waals surface area contributed by atoms with Crippen LogP contribution in [0.5, 0.6) is 0 Å². The lowest BCUT2D eigenvalue weighted by atomic mass is 9.78. The van der Waals surface area contributed by atoms with E-state index in [1.165, 1.54) is 18.2 Å². The quantitative estimate of drug-likeness (QED) is 0.631. The van der Waals surface area contributed by atoms with E-state index in [4.69, 9.17) is 0 Å². The largest absolute Gasteiger partial charge is 0.324 e. The number of nitrogens with zero attached hydrogens (tertiary/aromatic N) is 2. The molecule has 2 N–H and O–H groups in total. The van der Waals surface area contributed by atoms with E-state index >= 15 is 0 Å². The van der Waals surface area contributed by atoms with Gasteiger partial charge in [0.1, 0.15) is 0 Å². The molecule has 0 saturated carbocycles. The Hall–Kier alpha value is -3.33. The molecule has 0 aliphatic carbocycles. The normalized spacial score (nSPS) is 28.8. The fourth-order valence-electron chi connectivity index (χ4n) is 4.40. The molecule has 0 unspecified atom stereocenters. The highest BCUT2D eigenvalue weighted by atomic mass is 16.6. The molecule has 2 aliphatic heterocycles. The molecule has 0 aromatic heterocycles. The standard InChI is InChI=1S/C18H16N4O5/c1-10-15(11-5-4-6-12(9-11)21(24)25)16(22(26)27)18(20-10)13-7-2-3-8-14(13)19-17(18)23/h2-10,15-16,20H,1H3,(H,19,23)/t10-,15-,16-,18-/m0/s1. The number of para-hydroxylation sites is 1. The summed E-state index contributed by atoms with van der Waals surface area (Å²) >= 11 is 0. The van der Waals surface area contributed by atoms with Crippen LogP contribution in [0, 0.1) is 20.2 Å². The van der Waals surface area contributed by atoms with Crippen LogP contribution < -0.4 is 10.6 Å². The highest BCUT2D eigenvalue weighted by Gasteiger charge is 2.67. The van der Waals surface area contributed by atoms with Crippen LogP contribution in [0.3, 0.4) is 0 Å². The Morgan fingerprint density at radius 1 is 1.07 bits per heavy atom. The molecular formula is C18H16N4O5. The lowest BCUT2D eigenvalue weighted by Crippen LogP contribution is -2.54. The average Bonchev–Trinajstić information content (AvgIpc) is 3.10. The minimum Gasteiger partial charge on any atom is -0.324 e. The SMILES string of the molecule is C[C@@H]1N[C@]2(C(=O)Nc3ccccc32)[C@@H]([N+](=O)[O-])[C@@H]1c1cccc([N+](=O)[O-])c1. The van der Waals surface area contributed by atoms with Gasteiger partial charge in [0.25, 0.3) is 17.6 Å². The van der Waals surface area contributed by atoms with Crippen molar-refractivity contribution in [1.29, 1.82) is 0 Å². The van der Waals surface area contributed by atoms with Gasteiger partial charge in [0.05, 0.1) is 10.8 Å². The fraction of sp³-hybridized carbons (Fsp3) is 0.278. The number of nitro benzene ring substituents is 1. The number of nitro groups is 2. The molecule has 1 amide bonds. The van der Waals surface area contributed by atoms with Gasteiger partial charge in [0.15, 0.2) is 5.54 Å². The summed E-state index contributed by atoms with van der Waals surface area (Å²) < 4.78 is 0. The van der Waals surface area contributed by atoms with Gasteiger partial charge >= 0.3 is 0 Å². The minimum absolute atomic E-state index is 0.140. The lowest BCUT2D eigenvalue weighted by Gasteiger charge is -2.25. The molecule has 2 aromatic rings. The van der Waals surface area contributed by atoms with Gasteiger partial charge in [-0.2, -0.15) is 0 Å². The van der Waals surface area contributed by atoms with Crippen molar-refractivity contribution in [2.45, 2.75) is 30.5 Å². The number of hydrogen-bond acceptors (Lipinski definition) is 6. The number of nitrogens with one attached hydrogen (secondary N) is 2. The summed E-state index contributed by atoms with van der Waals surface area (Å²) in [5.41, 5.74) is -0.140. The smallest absolute Gasteiger partial charge is 0.269 e. The third kappa shape index (κ3) is 2.32. The molecule has 0 radical (unpaired) electrons. The van der Waals surface area contributed by atoms with Gasteiger partial charge in [0, 0.05) is 34.3 Å². The maximum atomic E-state index is 12.9. The molecule has 4 rings (SSSR count). The molecule has 4 atom stereocenters. The summed E-state index contributed by atoms with van der Waals surface area (Å²) in [5, 5.41) is 29.1. The van der Waals surface area contributed by atoms with Crippen molar-refractivity contribution in [3.63, 3.8) is 0 Å². The monoisotopic (exact) mass is 368 g/mol. The van der Waals surface area contributed by atoms with Crippen LogP contribution in [0.1, 0.15) is 24.0 Å². The van der Waals surface area contributed by atoms with Gasteiger partial charge in [-0.05, 0) is 18.6 Å².